The average molecular weight is 582 g/mol. The number of nitrogens with one attached hydrogen (secondary N) is 1. The molecule has 0 radical (unpaired) electrons. The van der Waals surface area contributed by atoms with E-state index in [9.17, 15) is 48.0 Å². The van der Waals surface area contributed by atoms with E-state index in [1.165, 1.54) is 0 Å². The molecule has 3 rings (SSSR count). The molecular formula is C22H17F6N3O5S2. The van der Waals surface area contributed by atoms with Crippen LogP contribution in [-0.2, 0) is 32.4 Å². The van der Waals surface area contributed by atoms with Crippen molar-refractivity contribution in [2.24, 2.45) is 0 Å². The van der Waals surface area contributed by atoms with Crippen LogP contribution < -0.4 is 9.03 Å². The lowest BCUT2D eigenvalue weighted by Crippen LogP contribution is -2.36. The second-order valence-corrected chi connectivity index (χ2v) is 11.8. The number of amides is 1. The van der Waals surface area contributed by atoms with Gasteiger partial charge in [0.05, 0.1) is 40.6 Å². The smallest absolute Gasteiger partial charge is 0.322 e. The number of aromatic nitrogens is 1. The van der Waals surface area contributed by atoms with Crippen molar-refractivity contribution in [3.63, 3.8) is 0 Å². The number of carbonyl (C=O) groups excluding carboxylic acids is 1. The number of hydrogen-bond donors (Lipinski definition) is 1. The van der Waals surface area contributed by atoms with Crippen LogP contribution in [0.15, 0.2) is 60.8 Å². The molecule has 1 heterocycles. The first-order valence-corrected chi connectivity index (χ1v) is 13.9. The standard InChI is InChI=1S/C22H17F6N3O5S2/c1-37(33,34)31(38(2,35)36)18-12-13(19-17(22(26,27)28)4-3-11-29-19)5-10-16(18)20(32)30-15-8-6-14(7-9-15)21(23,24)25/h3-12H,1-2H3,(H,30,32). The molecule has 204 valence electrons. The molecule has 0 atom stereocenters. The Labute approximate surface area is 213 Å². The van der Waals surface area contributed by atoms with Crippen molar-refractivity contribution in [1.82, 2.24) is 4.98 Å². The molecule has 1 amide bonds. The molecule has 1 aromatic heterocycles. The van der Waals surface area contributed by atoms with Gasteiger partial charge in [-0.2, -0.15) is 30.1 Å². The summed E-state index contributed by atoms with van der Waals surface area (Å²) in [6.45, 7) is 0. The van der Waals surface area contributed by atoms with Crippen LogP contribution in [0.4, 0.5) is 37.7 Å². The molecule has 38 heavy (non-hydrogen) atoms. The van der Waals surface area contributed by atoms with E-state index >= 15 is 0 Å². The molecule has 1 N–H and O–H groups in total. The highest BCUT2D eigenvalue weighted by molar-refractivity contribution is 8.09. The number of nitrogens with zero attached hydrogens (tertiary/aromatic N) is 2. The normalized spacial score (nSPS) is 12.7. The SMILES string of the molecule is CS(=O)(=O)N(c1cc(-c2ncccc2C(F)(F)F)ccc1C(=O)Nc1ccc(C(F)(F)F)cc1)S(C)(=O)=O. The van der Waals surface area contributed by atoms with Crippen LogP contribution in [0.25, 0.3) is 11.3 Å². The Morgan fingerprint density at radius 2 is 1.42 bits per heavy atom. The second kappa shape index (κ2) is 9.90. The molecule has 0 saturated heterocycles. The van der Waals surface area contributed by atoms with E-state index < -0.39 is 66.4 Å². The van der Waals surface area contributed by atoms with Gasteiger partial charge in [-0.05, 0) is 48.5 Å². The number of benzene rings is 2. The first kappa shape index (κ1) is 28.9. The minimum Gasteiger partial charge on any atom is -0.322 e. The number of halogens is 6. The lowest BCUT2D eigenvalue weighted by molar-refractivity contribution is -0.138. The van der Waals surface area contributed by atoms with Gasteiger partial charge in [0.25, 0.3) is 5.91 Å². The van der Waals surface area contributed by atoms with Crippen molar-refractivity contribution in [3.8, 4) is 11.3 Å². The van der Waals surface area contributed by atoms with Crippen LogP contribution in [0.2, 0.25) is 0 Å². The molecule has 3 aromatic rings. The van der Waals surface area contributed by atoms with E-state index in [4.69, 9.17) is 0 Å². The first-order valence-electron chi connectivity index (χ1n) is 10.2. The molecular weight excluding hydrogens is 564 g/mol. The number of hydrogen-bond acceptors (Lipinski definition) is 6. The van der Waals surface area contributed by atoms with E-state index in [1.807, 2.05) is 0 Å². The lowest BCUT2D eigenvalue weighted by Gasteiger charge is -2.23. The van der Waals surface area contributed by atoms with Crippen LogP contribution in [0.1, 0.15) is 21.5 Å². The van der Waals surface area contributed by atoms with E-state index in [-0.39, 0.29) is 15.0 Å². The van der Waals surface area contributed by atoms with Crippen molar-refractivity contribution >= 4 is 37.3 Å². The minimum atomic E-state index is -4.88. The van der Waals surface area contributed by atoms with Crippen molar-refractivity contribution in [2.75, 3.05) is 21.5 Å². The molecule has 8 nitrogen and oxygen atoms in total. The number of anilines is 2. The van der Waals surface area contributed by atoms with Gasteiger partial charge in [0.1, 0.15) is 0 Å². The topological polar surface area (TPSA) is 114 Å². The molecule has 0 fully saturated rings. The minimum absolute atomic E-state index is 0.138. The van der Waals surface area contributed by atoms with Crippen molar-refractivity contribution in [2.45, 2.75) is 12.4 Å². The lowest BCUT2D eigenvalue weighted by atomic mass is 10.0. The Morgan fingerprint density at radius 3 is 1.92 bits per heavy atom. The maximum atomic E-state index is 13.5. The van der Waals surface area contributed by atoms with Gasteiger partial charge in [-0.15, -0.1) is 0 Å². The Bertz CT molecular complexity index is 1550. The maximum absolute atomic E-state index is 13.5. The largest absolute Gasteiger partial charge is 0.418 e. The summed E-state index contributed by atoms with van der Waals surface area (Å²) < 4.78 is 129. The third-order valence-corrected chi connectivity index (χ3v) is 8.12. The number of rotatable bonds is 6. The summed E-state index contributed by atoms with van der Waals surface area (Å²) in [5.41, 5.74) is -4.86. The zero-order valence-electron chi connectivity index (χ0n) is 19.3. The first-order chi connectivity index (χ1) is 17.3. The van der Waals surface area contributed by atoms with E-state index in [2.05, 4.69) is 10.3 Å². The molecule has 0 aliphatic heterocycles. The molecule has 0 aliphatic rings. The molecule has 2 aromatic carbocycles. The van der Waals surface area contributed by atoms with Gasteiger partial charge in [0, 0.05) is 17.4 Å². The summed E-state index contributed by atoms with van der Waals surface area (Å²) in [7, 11) is -9.33. The average Bonchev–Trinajstić information content (AvgIpc) is 2.76. The van der Waals surface area contributed by atoms with E-state index in [0.717, 1.165) is 42.6 Å². The van der Waals surface area contributed by atoms with Crippen LogP contribution >= 0.6 is 0 Å². The highest BCUT2D eigenvalue weighted by atomic mass is 32.3. The zero-order valence-corrected chi connectivity index (χ0v) is 20.9. The van der Waals surface area contributed by atoms with Gasteiger partial charge in [-0.1, -0.05) is 6.07 Å². The van der Waals surface area contributed by atoms with Crippen LogP contribution in [0.3, 0.4) is 0 Å². The fraction of sp³-hybridized carbons (Fsp3) is 0.182. The molecule has 0 saturated carbocycles. The second-order valence-electron chi connectivity index (χ2n) is 7.88. The third kappa shape index (κ3) is 6.42. The summed E-state index contributed by atoms with van der Waals surface area (Å²) in [6.07, 6.45) is -7.51. The van der Waals surface area contributed by atoms with Gasteiger partial charge in [-0.3, -0.25) is 9.78 Å². The predicted molar refractivity (Wildman–Crippen MR) is 126 cm³/mol. The Hall–Kier alpha value is -3.66. The quantitative estimate of drug-likeness (QED) is 0.420. The molecule has 0 spiro atoms. The number of pyridine rings is 1. The Morgan fingerprint density at radius 1 is 0.842 bits per heavy atom. The van der Waals surface area contributed by atoms with Gasteiger partial charge < -0.3 is 5.32 Å². The summed E-state index contributed by atoms with van der Waals surface area (Å²) in [6, 6.07) is 7.47. The number of alkyl halides is 6. The molecule has 0 bridgehead atoms. The Balaban J connectivity index is 2.20. The number of sulfonamides is 2. The predicted octanol–water partition coefficient (Wildman–Crippen LogP) is 4.76. The highest BCUT2D eigenvalue weighted by Gasteiger charge is 2.36. The zero-order chi connectivity index (χ0) is 28.7. The monoisotopic (exact) mass is 581 g/mol. The van der Waals surface area contributed by atoms with Crippen molar-refractivity contribution in [3.05, 3.63) is 77.5 Å². The number of carbonyl (C=O) groups is 1. The summed E-state index contributed by atoms with van der Waals surface area (Å²) in [5, 5.41) is 2.21. The summed E-state index contributed by atoms with van der Waals surface area (Å²) in [4.78, 5) is 16.7. The Kier molecular flexibility index (Phi) is 7.53. The van der Waals surface area contributed by atoms with Crippen LogP contribution in [0.5, 0.6) is 0 Å². The third-order valence-electron chi connectivity index (χ3n) is 4.90. The highest BCUT2D eigenvalue weighted by Crippen LogP contribution is 2.38. The van der Waals surface area contributed by atoms with E-state index in [1.54, 1.807) is 0 Å². The fourth-order valence-electron chi connectivity index (χ4n) is 3.43. The molecule has 16 heteroatoms. The van der Waals surface area contributed by atoms with Crippen molar-refractivity contribution in [1.29, 1.82) is 0 Å². The molecule has 0 unspecified atom stereocenters. The van der Waals surface area contributed by atoms with E-state index in [0.29, 0.717) is 30.7 Å². The summed E-state index contributed by atoms with van der Waals surface area (Å²) >= 11 is 0. The van der Waals surface area contributed by atoms with Crippen LogP contribution in [0, 0.1) is 0 Å². The van der Waals surface area contributed by atoms with Crippen LogP contribution in [-0.4, -0.2) is 40.2 Å². The maximum Gasteiger partial charge on any atom is 0.418 e. The van der Waals surface area contributed by atoms with Crippen molar-refractivity contribution < 1.29 is 48.0 Å². The van der Waals surface area contributed by atoms with Gasteiger partial charge in [0.2, 0.25) is 20.0 Å². The molecule has 0 aliphatic carbocycles. The fourth-order valence-corrected chi connectivity index (χ4v) is 6.41. The van der Waals surface area contributed by atoms with Gasteiger partial charge >= 0.3 is 12.4 Å². The van der Waals surface area contributed by atoms with Gasteiger partial charge in [0.15, 0.2) is 0 Å². The summed E-state index contributed by atoms with van der Waals surface area (Å²) in [5.74, 6) is -1.15. The van der Waals surface area contributed by atoms with Gasteiger partial charge in [-0.25, -0.2) is 16.8 Å².